The van der Waals surface area contributed by atoms with Crippen LogP contribution in [0.4, 0.5) is 0 Å². The quantitative estimate of drug-likeness (QED) is 0.675. The molecule has 3 nitrogen and oxygen atoms in total. The van der Waals surface area contributed by atoms with E-state index in [-0.39, 0.29) is 11.7 Å². The molecule has 1 heterocycles. The van der Waals surface area contributed by atoms with E-state index in [1.807, 2.05) is 0 Å². The van der Waals surface area contributed by atoms with E-state index in [1.165, 1.54) is 0 Å². The number of carbonyl (C=O) groups is 1. The highest BCUT2D eigenvalue weighted by molar-refractivity contribution is 5.99. The highest BCUT2D eigenvalue weighted by Crippen LogP contribution is 2.25. The third-order valence-electron chi connectivity index (χ3n) is 2.39. The molecule has 2 rings (SSSR count). The molecule has 0 saturated carbocycles. The van der Waals surface area contributed by atoms with Gasteiger partial charge in [0, 0.05) is 18.9 Å². The molecule has 1 aromatic heterocycles. The van der Waals surface area contributed by atoms with Crippen LogP contribution in [0.2, 0.25) is 0 Å². The Hall–Kier alpha value is -1.09. The highest BCUT2D eigenvalue weighted by Gasteiger charge is 2.27. The minimum absolute atomic E-state index is 0.00935. The van der Waals surface area contributed by atoms with Crippen LogP contribution in [0.3, 0.4) is 0 Å². The second-order valence-electron chi connectivity index (χ2n) is 3.09. The van der Waals surface area contributed by atoms with Crippen LogP contribution in [0.25, 0.3) is 0 Å². The lowest BCUT2D eigenvalue weighted by molar-refractivity contribution is 0.0903. The van der Waals surface area contributed by atoms with Crippen LogP contribution in [0.5, 0.6) is 0 Å². The Morgan fingerprint density at radius 1 is 1.67 bits per heavy atom. The summed E-state index contributed by atoms with van der Waals surface area (Å²) in [5, 5.41) is 0. The van der Waals surface area contributed by atoms with Gasteiger partial charge in [-0.1, -0.05) is 0 Å². The summed E-state index contributed by atoms with van der Waals surface area (Å²) >= 11 is 0. The third kappa shape index (κ3) is 0.975. The van der Waals surface area contributed by atoms with Crippen LogP contribution in [-0.4, -0.2) is 12.3 Å². The van der Waals surface area contributed by atoms with E-state index in [2.05, 4.69) is 0 Å². The molecule has 1 aliphatic carbocycles. The molecule has 1 atom stereocenters. The number of hydrogen-bond acceptors (Lipinski definition) is 3. The summed E-state index contributed by atoms with van der Waals surface area (Å²) in [5.41, 5.74) is 6.20. The standard InChI is InChI=1S/C9H11NO2/c10-5-6-1-2-8-7(9(6)11)3-4-12-8/h3-4,6H,1-2,5,10H2. The summed E-state index contributed by atoms with van der Waals surface area (Å²) < 4.78 is 5.16. The van der Waals surface area contributed by atoms with Crippen LogP contribution in [0.1, 0.15) is 22.5 Å². The number of carbonyl (C=O) groups excluding carboxylic acids is 1. The summed E-state index contributed by atoms with van der Waals surface area (Å²) in [6, 6.07) is 1.74. The topological polar surface area (TPSA) is 56.2 Å². The normalized spacial score (nSPS) is 22.4. The predicted octanol–water partition coefficient (Wildman–Crippen LogP) is 0.983. The molecule has 0 aromatic carbocycles. The van der Waals surface area contributed by atoms with Gasteiger partial charge in [0.2, 0.25) is 0 Å². The largest absolute Gasteiger partial charge is 0.469 e. The molecule has 64 valence electrons. The molecular weight excluding hydrogens is 154 g/mol. The summed E-state index contributed by atoms with van der Waals surface area (Å²) in [6.07, 6.45) is 3.24. The van der Waals surface area contributed by atoms with E-state index in [0.29, 0.717) is 6.54 Å². The summed E-state index contributed by atoms with van der Waals surface area (Å²) in [7, 11) is 0. The number of ketones is 1. The number of Topliss-reactive ketones (excluding diaryl/α,β-unsaturated/α-hetero) is 1. The van der Waals surface area contributed by atoms with Crippen LogP contribution >= 0.6 is 0 Å². The van der Waals surface area contributed by atoms with Gasteiger partial charge < -0.3 is 10.2 Å². The minimum atomic E-state index is 0.00935. The van der Waals surface area contributed by atoms with Crippen molar-refractivity contribution in [1.82, 2.24) is 0 Å². The molecule has 0 spiro atoms. The summed E-state index contributed by atoms with van der Waals surface area (Å²) in [4.78, 5) is 11.6. The molecule has 1 unspecified atom stereocenters. The molecule has 1 aliphatic rings. The fraction of sp³-hybridized carbons (Fsp3) is 0.444. The second kappa shape index (κ2) is 2.75. The predicted molar refractivity (Wildman–Crippen MR) is 43.9 cm³/mol. The van der Waals surface area contributed by atoms with Crippen molar-refractivity contribution in [3.05, 3.63) is 23.7 Å². The van der Waals surface area contributed by atoms with Gasteiger partial charge in [-0.05, 0) is 12.5 Å². The maximum absolute atomic E-state index is 11.6. The molecule has 3 heteroatoms. The minimum Gasteiger partial charge on any atom is -0.469 e. The van der Waals surface area contributed by atoms with Gasteiger partial charge in [-0.15, -0.1) is 0 Å². The van der Waals surface area contributed by atoms with Gasteiger partial charge in [-0.3, -0.25) is 4.79 Å². The first-order valence-corrected chi connectivity index (χ1v) is 4.13. The zero-order chi connectivity index (χ0) is 8.55. The molecular formula is C9H11NO2. The number of aryl methyl sites for hydroxylation is 1. The first-order valence-electron chi connectivity index (χ1n) is 4.13. The van der Waals surface area contributed by atoms with Crippen molar-refractivity contribution in [2.24, 2.45) is 11.7 Å². The fourth-order valence-electron chi connectivity index (χ4n) is 1.63. The van der Waals surface area contributed by atoms with Crippen LogP contribution in [-0.2, 0) is 6.42 Å². The molecule has 12 heavy (non-hydrogen) atoms. The Morgan fingerprint density at radius 3 is 3.25 bits per heavy atom. The van der Waals surface area contributed by atoms with Gasteiger partial charge in [0.05, 0.1) is 11.8 Å². The number of fused-ring (bicyclic) bond motifs is 1. The van der Waals surface area contributed by atoms with Crippen molar-refractivity contribution >= 4 is 5.78 Å². The molecule has 2 N–H and O–H groups in total. The lowest BCUT2D eigenvalue weighted by Crippen LogP contribution is -2.28. The van der Waals surface area contributed by atoms with Crippen LogP contribution < -0.4 is 5.73 Å². The fourth-order valence-corrected chi connectivity index (χ4v) is 1.63. The molecule has 0 fully saturated rings. The third-order valence-corrected chi connectivity index (χ3v) is 2.39. The number of nitrogens with two attached hydrogens (primary N) is 1. The molecule has 1 aromatic rings. The lowest BCUT2D eigenvalue weighted by atomic mass is 9.87. The van der Waals surface area contributed by atoms with E-state index < -0.39 is 0 Å². The number of rotatable bonds is 1. The van der Waals surface area contributed by atoms with Crippen LogP contribution in [0.15, 0.2) is 16.7 Å². The van der Waals surface area contributed by atoms with Crippen molar-refractivity contribution in [1.29, 1.82) is 0 Å². The van der Waals surface area contributed by atoms with Crippen molar-refractivity contribution in [2.75, 3.05) is 6.54 Å². The Morgan fingerprint density at radius 2 is 2.50 bits per heavy atom. The Kier molecular flexibility index (Phi) is 1.73. The first-order chi connectivity index (χ1) is 5.83. The van der Waals surface area contributed by atoms with Crippen molar-refractivity contribution in [2.45, 2.75) is 12.8 Å². The Bertz CT molecular complexity index is 303. The zero-order valence-corrected chi connectivity index (χ0v) is 6.75. The second-order valence-corrected chi connectivity index (χ2v) is 3.09. The molecule has 0 amide bonds. The highest BCUT2D eigenvalue weighted by atomic mass is 16.3. The average Bonchev–Trinajstić information content (AvgIpc) is 2.53. The molecule has 0 aliphatic heterocycles. The summed E-state index contributed by atoms with van der Waals surface area (Å²) in [6.45, 7) is 0.448. The van der Waals surface area contributed by atoms with Gasteiger partial charge >= 0.3 is 0 Å². The monoisotopic (exact) mass is 165 g/mol. The van der Waals surface area contributed by atoms with Crippen LogP contribution in [0, 0.1) is 5.92 Å². The van der Waals surface area contributed by atoms with Crippen molar-refractivity contribution in [3.8, 4) is 0 Å². The van der Waals surface area contributed by atoms with Crippen molar-refractivity contribution in [3.63, 3.8) is 0 Å². The number of hydrogen-bond donors (Lipinski definition) is 1. The maximum atomic E-state index is 11.6. The van der Waals surface area contributed by atoms with E-state index in [1.54, 1.807) is 12.3 Å². The van der Waals surface area contributed by atoms with Gasteiger partial charge in [-0.25, -0.2) is 0 Å². The van der Waals surface area contributed by atoms with Gasteiger partial charge in [0.1, 0.15) is 5.76 Å². The van der Waals surface area contributed by atoms with E-state index in [9.17, 15) is 4.79 Å². The molecule has 0 bridgehead atoms. The van der Waals surface area contributed by atoms with E-state index >= 15 is 0 Å². The summed E-state index contributed by atoms with van der Waals surface area (Å²) in [5.74, 6) is 0.979. The lowest BCUT2D eigenvalue weighted by Gasteiger charge is -2.17. The Labute approximate surface area is 70.5 Å². The Balaban J connectivity index is 2.35. The van der Waals surface area contributed by atoms with E-state index in [0.717, 1.165) is 24.2 Å². The number of furan rings is 1. The van der Waals surface area contributed by atoms with Crippen molar-refractivity contribution < 1.29 is 9.21 Å². The zero-order valence-electron chi connectivity index (χ0n) is 6.75. The molecule has 0 radical (unpaired) electrons. The SMILES string of the molecule is NCC1CCc2occc2C1=O. The average molecular weight is 165 g/mol. The van der Waals surface area contributed by atoms with Gasteiger partial charge in [0.25, 0.3) is 0 Å². The first kappa shape index (κ1) is 7.55. The maximum Gasteiger partial charge on any atom is 0.170 e. The smallest absolute Gasteiger partial charge is 0.170 e. The van der Waals surface area contributed by atoms with Gasteiger partial charge in [0.15, 0.2) is 5.78 Å². The van der Waals surface area contributed by atoms with E-state index in [4.69, 9.17) is 10.2 Å². The van der Waals surface area contributed by atoms with Gasteiger partial charge in [-0.2, -0.15) is 0 Å². The molecule has 0 saturated heterocycles.